The van der Waals surface area contributed by atoms with E-state index in [2.05, 4.69) is 46.0 Å². The number of aliphatic imine (C=N–C) groups is 1. The van der Waals surface area contributed by atoms with Crippen LogP contribution in [0.3, 0.4) is 0 Å². The molecule has 10 heteroatoms. The SMILES string of the molecule is CC[Si](CC)(CC)c1cc(Br)nc([C@@]2(C)N=C(CC(=O)OC(C)(C)C)C(C)(C)[S@]3(=O)=NCC[C@H]23)c1F. The van der Waals surface area contributed by atoms with Gasteiger partial charge in [0.05, 0.1) is 34.2 Å². The third-order valence-corrected chi connectivity index (χ3v) is 17.9. The van der Waals surface area contributed by atoms with Gasteiger partial charge in [-0.1, -0.05) is 38.9 Å². The summed E-state index contributed by atoms with van der Waals surface area (Å²) in [5.74, 6) is -0.791. The first-order chi connectivity index (χ1) is 16.5. The minimum atomic E-state index is -2.89. The van der Waals surface area contributed by atoms with E-state index in [1.165, 1.54) is 0 Å². The fourth-order valence-electron chi connectivity index (χ4n) is 5.83. The van der Waals surface area contributed by atoms with Crippen molar-refractivity contribution in [2.24, 2.45) is 9.36 Å². The van der Waals surface area contributed by atoms with Crippen LogP contribution in [0.1, 0.15) is 80.8 Å². The van der Waals surface area contributed by atoms with Crippen LogP contribution in [0.5, 0.6) is 0 Å². The zero-order valence-electron chi connectivity index (χ0n) is 23.1. The fraction of sp³-hybridized carbons (Fsp3) is 0.731. The van der Waals surface area contributed by atoms with Gasteiger partial charge in [-0.25, -0.2) is 17.9 Å². The maximum Gasteiger partial charge on any atom is 0.312 e. The number of pyridine rings is 1. The number of aromatic nitrogens is 1. The number of esters is 1. The summed E-state index contributed by atoms with van der Waals surface area (Å²) in [4.78, 5) is 22.6. The van der Waals surface area contributed by atoms with Gasteiger partial charge < -0.3 is 4.74 Å². The molecule has 2 aliphatic rings. The van der Waals surface area contributed by atoms with Crippen LogP contribution in [0.4, 0.5) is 4.39 Å². The second kappa shape index (κ2) is 9.87. The van der Waals surface area contributed by atoms with Crippen molar-refractivity contribution in [3.8, 4) is 0 Å². The van der Waals surface area contributed by atoms with E-state index >= 15 is 4.39 Å². The van der Waals surface area contributed by atoms with Gasteiger partial charge >= 0.3 is 5.97 Å². The zero-order chi connectivity index (χ0) is 27.3. The number of hydrogen-bond acceptors (Lipinski definition) is 6. The van der Waals surface area contributed by atoms with Gasteiger partial charge in [0.15, 0.2) is 0 Å². The number of halogens is 2. The predicted molar refractivity (Wildman–Crippen MR) is 152 cm³/mol. The normalized spacial score (nSPS) is 27.8. The smallest absolute Gasteiger partial charge is 0.312 e. The summed E-state index contributed by atoms with van der Waals surface area (Å²) in [6.07, 6.45) is 0.405. The Balaban J connectivity index is 2.29. The molecule has 2 aliphatic heterocycles. The molecule has 0 aromatic carbocycles. The first kappa shape index (κ1) is 29.4. The molecule has 36 heavy (non-hydrogen) atoms. The molecule has 202 valence electrons. The molecule has 1 aromatic rings. The molecule has 3 rings (SSSR count). The van der Waals surface area contributed by atoms with Crippen molar-refractivity contribution in [1.82, 2.24) is 4.98 Å². The van der Waals surface area contributed by atoms with Crippen LogP contribution in [0.2, 0.25) is 18.1 Å². The molecule has 0 unspecified atom stereocenters. The summed E-state index contributed by atoms with van der Waals surface area (Å²) in [7, 11) is -5.00. The van der Waals surface area contributed by atoms with Crippen LogP contribution < -0.4 is 5.19 Å². The molecule has 3 heterocycles. The lowest BCUT2D eigenvalue weighted by Gasteiger charge is -2.45. The quantitative estimate of drug-likeness (QED) is 0.214. The monoisotopic (exact) mass is 601 g/mol. The zero-order valence-corrected chi connectivity index (χ0v) is 26.5. The summed E-state index contributed by atoms with van der Waals surface area (Å²) in [6.45, 7) is 17.7. The average Bonchev–Trinajstić information content (AvgIpc) is 3.19. The molecule has 3 atom stereocenters. The molecule has 0 amide bonds. The van der Waals surface area contributed by atoms with Crippen LogP contribution >= 0.6 is 15.9 Å². The van der Waals surface area contributed by atoms with Crippen molar-refractivity contribution in [3.05, 3.63) is 22.2 Å². The third kappa shape index (κ3) is 4.75. The van der Waals surface area contributed by atoms with E-state index in [0.717, 1.165) is 23.3 Å². The Hall–Kier alpha value is -1.13. The van der Waals surface area contributed by atoms with E-state index in [1.807, 2.05) is 26.8 Å². The molecular weight excluding hydrogens is 561 g/mol. The van der Waals surface area contributed by atoms with E-state index in [0.29, 0.717) is 23.3 Å². The molecule has 0 saturated heterocycles. The van der Waals surface area contributed by atoms with Gasteiger partial charge in [0.25, 0.3) is 0 Å². The molecule has 6 nitrogen and oxygen atoms in total. The van der Waals surface area contributed by atoms with Crippen molar-refractivity contribution in [2.75, 3.05) is 6.54 Å². The number of nitrogens with zero attached hydrogens (tertiary/aromatic N) is 3. The molecule has 0 radical (unpaired) electrons. The molecule has 1 aromatic heterocycles. The molecule has 0 bridgehead atoms. The maximum atomic E-state index is 16.6. The lowest BCUT2D eigenvalue weighted by atomic mass is 9.88. The van der Waals surface area contributed by atoms with Gasteiger partial charge in [-0.3, -0.25) is 9.79 Å². The van der Waals surface area contributed by atoms with Crippen LogP contribution in [0, 0.1) is 5.82 Å². The van der Waals surface area contributed by atoms with Gasteiger partial charge in [0.2, 0.25) is 0 Å². The van der Waals surface area contributed by atoms with Gasteiger partial charge in [-0.05, 0) is 75.1 Å². The van der Waals surface area contributed by atoms with E-state index in [9.17, 15) is 9.00 Å². The summed E-state index contributed by atoms with van der Waals surface area (Å²) < 4.78 is 40.9. The lowest BCUT2D eigenvalue weighted by Crippen LogP contribution is -2.57. The van der Waals surface area contributed by atoms with Crippen molar-refractivity contribution in [2.45, 2.75) is 114 Å². The van der Waals surface area contributed by atoms with E-state index in [1.54, 1.807) is 20.8 Å². The van der Waals surface area contributed by atoms with Gasteiger partial charge in [0.1, 0.15) is 27.3 Å². The standard InChI is InChI=1S/C26H41BrFN3O3SSi/c1-10-36(11-2,12-3)17-15-20(27)30-23(22(17)28)26(9)19-13-14-29-35(19,33)25(7,8)18(31-26)16-21(32)34-24(4,5)6/h15,19H,10-14,16H2,1-9H3/t19-,26+,35+/m1/s1. The number of rotatable bonds is 7. The Morgan fingerprint density at radius 2 is 1.81 bits per heavy atom. The molecule has 0 saturated carbocycles. The first-order valence-corrected chi connectivity index (χ1v) is 17.9. The van der Waals surface area contributed by atoms with Crippen LogP contribution in [-0.4, -0.2) is 51.1 Å². The predicted octanol–water partition coefficient (Wildman–Crippen LogP) is 6.12. The molecule has 0 fully saturated rings. The summed E-state index contributed by atoms with van der Waals surface area (Å²) in [5, 5.41) is 0.232. The average molecular weight is 603 g/mol. The highest BCUT2D eigenvalue weighted by atomic mass is 79.9. The topological polar surface area (TPSA) is 81.0 Å². The fourth-order valence-corrected chi connectivity index (χ4v) is 13.4. The number of fused-ring (bicyclic) bond motifs is 1. The largest absolute Gasteiger partial charge is 0.460 e. The van der Waals surface area contributed by atoms with Crippen LogP contribution in [-0.2, 0) is 24.8 Å². The second-order valence-corrected chi connectivity index (χ2v) is 20.7. The van der Waals surface area contributed by atoms with Gasteiger partial charge in [-0.15, -0.1) is 0 Å². The minimum absolute atomic E-state index is 0.126. The van der Waals surface area contributed by atoms with E-state index in [-0.39, 0.29) is 17.9 Å². The Labute approximate surface area is 225 Å². The maximum absolute atomic E-state index is 16.6. The Morgan fingerprint density at radius 1 is 1.22 bits per heavy atom. The van der Waals surface area contributed by atoms with Crippen LogP contribution in [0.25, 0.3) is 0 Å². The first-order valence-electron chi connectivity index (χ1n) is 12.9. The molecule has 0 spiro atoms. The lowest BCUT2D eigenvalue weighted by molar-refractivity contribution is -0.153. The van der Waals surface area contributed by atoms with E-state index < -0.39 is 44.9 Å². The number of hydrogen-bond donors (Lipinski definition) is 0. The third-order valence-electron chi connectivity index (χ3n) is 8.22. The number of carbonyl (C=O) groups excluding carboxylic acids is 1. The van der Waals surface area contributed by atoms with E-state index in [4.69, 9.17) is 9.73 Å². The molecular formula is C26H41BrFN3O3SSi. The van der Waals surface area contributed by atoms with Crippen LogP contribution in [0.15, 0.2) is 20.0 Å². The summed E-state index contributed by atoms with van der Waals surface area (Å²) >= 11 is 3.54. The molecule has 0 aliphatic carbocycles. The van der Waals surface area contributed by atoms with Crippen molar-refractivity contribution in [3.63, 3.8) is 0 Å². The number of ether oxygens (including phenoxy) is 1. The van der Waals surface area contributed by atoms with Gasteiger partial charge in [0, 0.05) is 12.3 Å². The summed E-state index contributed by atoms with van der Waals surface area (Å²) in [6, 6.07) is 4.58. The Morgan fingerprint density at radius 3 is 2.33 bits per heavy atom. The number of carbonyl (C=O) groups is 1. The summed E-state index contributed by atoms with van der Waals surface area (Å²) in [5.41, 5.74) is -1.25. The highest BCUT2D eigenvalue weighted by Crippen LogP contribution is 2.48. The second-order valence-electron chi connectivity index (χ2n) is 11.7. The van der Waals surface area contributed by atoms with Crippen molar-refractivity contribution in [1.29, 1.82) is 0 Å². The van der Waals surface area contributed by atoms with Crippen molar-refractivity contribution >= 4 is 50.6 Å². The van der Waals surface area contributed by atoms with Crippen molar-refractivity contribution < 1.29 is 18.1 Å². The highest BCUT2D eigenvalue weighted by molar-refractivity contribution is 9.10. The Bertz CT molecular complexity index is 1190. The minimum Gasteiger partial charge on any atom is -0.460 e. The Kier molecular flexibility index (Phi) is 8.07. The molecule has 0 N–H and O–H groups in total. The highest BCUT2D eigenvalue weighted by Gasteiger charge is 2.58. The van der Waals surface area contributed by atoms with Gasteiger partial charge in [-0.2, -0.15) is 0 Å².